The van der Waals surface area contributed by atoms with Gasteiger partial charge in [-0.25, -0.2) is 0 Å². The number of ether oxygens (including phenoxy) is 1. The molecule has 4 N–H and O–H groups in total. The molecule has 0 spiro atoms. The summed E-state index contributed by atoms with van der Waals surface area (Å²) in [5.74, 6) is -0.795. The van der Waals surface area contributed by atoms with Crippen molar-refractivity contribution in [3.05, 3.63) is 41.0 Å². The van der Waals surface area contributed by atoms with Gasteiger partial charge in [-0.05, 0) is 17.7 Å². The molecule has 0 saturated carbocycles. The molecule has 0 aromatic heterocycles. The number of hydrogen-bond donors (Lipinski definition) is 2. The van der Waals surface area contributed by atoms with Crippen molar-refractivity contribution in [2.75, 3.05) is 13.2 Å². The van der Waals surface area contributed by atoms with E-state index >= 15 is 0 Å². The van der Waals surface area contributed by atoms with Crippen molar-refractivity contribution < 1.29 is 9.53 Å². The van der Waals surface area contributed by atoms with Gasteiger partial charge in [0.1, 0.15) is 0 Å². The maximum Gasteiger partial charge on any atom is 0.280 e. The van der Waals surface area contributed by atoms with Crippen LogP contribution < -0.4 is 11.5 Å². The summed E-state index contributed by atoms with van der Waals surface area (Å²) in [5, 5.41) is 8.99. The summed E-state index contributed by atoms with van der Waals surface area (Å²) in [6, 6.07) is 8.88. The molecule has 0 saturated heterocycles. The van der Waals surface area contributed by atoms with Crippen LogP contribution in [0.3, 0.4) is 0 Å². The number of carbonyl (C=O) groups is 1. The molecule has 2 rings (SSSR count). The van der Waals surface area contributed by atoms with Gasteiger partial charge in [0.15, 0.2) is 5.96 Å². The van der Waals surface area contributed by atoms with Crippen molar-refractivity contribution in [1.29, 1.82) is 5.26 Å². The van der Waals surface area contributed by atoms with Gasteiger partial charge in [0, 0.05) is 11.1 Å². The lowest BCUT2D eigenvalue weighted by atomic mass is 10.0. The lowest BCUT2D eigenvalue weighted by Crippen LogP contribution is -2.24. The van der Waals surface area contributed by atoms with E-state index in [1.807, 2.05) is 6.07 Å². The zero-order valence-corrected chi connectivity index (χ0v) is 10.1. The average molecular weight is 256 g/mol. The molecule has 1 amide bonds. The Hall–Kier alpha value is -2.65. The highest BCUT2D eigenvalue weighted by atomic mass is 16.5. The Labute approximate surface area is 110 Å². The largest absolute Gasteiger partial charge is 0.371 e. The quantitative estimate of drug-likeness (QED) is 0.587. The fourth-order valence-corrected chi connectivity index (χ4v) is 1.81. The molecule has 1 heterocycles. The molecule has 1 aromatic carbocycles. The van der Waals surface area contributed by atoms with Crippen LogP contribution in [0.4, 0.5) is 0 Å². The zero-order valence-electron chi connectivity index (χ0n) is 10.1. The molecule has 1 aliphatic heterocycles. The van der Waals surface area contributed by atoms with Gasteiger partial charge in [-0.15, -0.1) is 0 Å². The Bertz CT molecular complexity index is 622. The van der Waals surface area contributed by atoms with Gasteiger partial charge in [0.25, 0.3) is 5.91 Å². The second-order valence-electron chi connectivity index (χ2n) is 3.98. The first kappa shape index (κ1) is 12.8. The van der Waals surface area contributed by atoms with E-state index < -0.39 is 5.91 Å². The van der Waals surface area contributed by atoms with E-state index in [1.54, 1.807) is 18.2 Å². The highest BCUT2D eigenvalue weighted by molar-refractivity contribution is 6.02. The summed E-state index contributed by atoms with van der Waals surface area (Å²) in [5.41, 5.74) is 12.8. The third-order valence-electron chi connectivity index (χ3n) is 2.68. The number of nitrogens with two attached hydrogens (primary N) is 2. The maximum atomic E-state index is 11.7. The van der Waals surface area contributed by atoms with E-state index in [-0.39, 0.29) is 5.96 Å². The molecule has 19 heavy (non-hydrogen) atoms. The Morgan fingerprint density at radius 2 is 2.16 bits per heavy atom. The number of amides is 1. The molecule has 6 nitrogen and oxygen atoms in total. The van der Waals surface area contributed by atoms with Crippen LogP contribution in [0.1, 0.15) is 15.9 Å². The van der Waals surface area contributed by atoms with Gasteiger partial charge in [-0.3, -0.25) is 4.79 Å². The molecular weight excluding hydrogens is 244 g/mol. The lowest BCUT2D eigenvalue weighted by Gasteiger charge is -2.04. The van der Waals surface area contributed by atoms with Crippen molar-refractivity contribution in [2.45, 2.75) is 0 Å². The molecule has 1 aromatic rings. The van der Waals surface area contributed by atoms with E-state index in [4.69, 9.17) is 21.5 Å². The standard InChI is InChI=1S/C13H12N4O2/c14-5-10-6-19-7-11(10)8-2-1-3-9(4-8)12(18)17-13(15)16/h1-4H,6-7H2,(H4,15,16,17,18). The SMILES string of the molecule is N#CC1=C(c2cccc(C(=O)N=C(N)N)c2)COC1. The predicted molar refractivity (Wildman–Crippen MR) is 69.9 cm³/mol. The van der Waals surface area contributed by atoms with Crippen LogP contribution in [0.2, 0.25) is 0 Å². The van der Waals surface area contributed by atoms with Gasteiger partial charge in [0.2, 0.25) is 0 Å². The zero-order chi connectivity index (χ0) is 13.8. The van der Waals surface area contributed by atoms with Crippen LogP contribution >= 0.6 is 0 Å². The Balaban J connectivity index is 2.38. The first-order chi connectivity index (χ1) is 9.11. The number of rotatable bonds is 2. The van der Waals surface area contributed by atoms with E-state index in [1.165, 1.54) is 0 Å². The molecule has 0 fully saturated rings. The van der Waals surface area contributed by atoms with Crippen molar-refractivity contribution in [2.24, 2.45) is 16.5 Å². The summed E-state index contributed by atoms with van der Waals surface area (Å²) < 4.78 is 5.23. The monoisotopic (exact) mass is 256 g/mol. The summed E-state index contributed by atoms with van der Waals surface area (Å²) >= 11 is 0. The Morgan fingerprint density at radius 1 is 1.37 bits per heavy atom. The third kappa shape index (κ3) is 2.78. The number of nitrogens with zero attached hydrogens (tertiary/aromatic N) is 2. The van der Waals surface area contributed by atoms with Gasteiger partial charge in [0.05, 0.1) is 24.9 Å². The number of nitriles is 1. The second-order valence-corrected chi connectivity index (χ2v) is 3.98. The lowest BCUT2D eigenvalue weighted by molar-refractivity contribution is 0.100. The molecule has 0 unspecified atom stereocenters. The van der Waals surface area contributed by atoms with Crippen LogP contribution in [0.5, 0.6) is 0 Å². The van der Waals surface area contributed by atoms with Crippen LogP contribution in [0.25, 0.3) is 5.57 Å². The normalized spacial score (nSPS) is 14.1. The minimum Gasteiger partial charge on any atom is -0.371 e. The molecule has 0 bridgehead atoms. The van der Waals surface area contributed by atoms with Gasteiger partial charge in [-0.2, -0.15) is 10.3 Å². The van der Waals surface area contributed by atoms with E-state index in [0.717, 1.165) is 11.1 Å². The highest BCUT2D eigenvalue weighted by Crippen LogP contribution is 2.25. The molecule has 0 atom stereocenters. The summed E-state index contributed by atoms with van der Waals surface area (Å²) in [6.45, 7) is 0.667. The van der Waals surface area contributed by atoms with Crippen molar-refractivity contribution >= 4 is 17.4 Å². The predicted octanol–water partition coefficient (Wildman–Crippen LogP) is 0.408. The first-order valence-electron chi connectivity index (χ1n) is 5.56. The fourth-order valence-electron chi connectivity index (χ4n) is 1.81. The number of hydrogen-bond acceptors (Lipinski definition) is 3. The topological polar surface area (TPSA) is 114 Å². The maximum absolute atomic E-state index is 11.7. The summed E-state index contributed by atoms with van der Waals surface area (Å²) in [6.07, 6.45) is 0. The molecule has 6 heteroatoms. The Kier molecular flexibility index (Phi) is 3.59. The van der Waals surface area contributed by atoms with Crippen LogP contribution in [-0.2, 0) is 4.74 Å². The Morgan fingerprint density at radius 3 is 2.84 bits per heavy atom. The molecular formula is C13H12N4O2. The second kappa shape index (κ2) is 5.33. The molecule has 0 aliphatic carbocycles. The minimum absolute atomic E-state index is 0.281. The summed E-state index contributed by atoms with van der Waals surface area (Å²) in [4.78, 5) is 15.2. The summed E-state index contributed by atoms with van der Waals surface area (Å²) in [7, 11) is 0. The fraction of sp³-hybridized carbons (Fsp3) is 0.154. The highest BCUT2D eigenvalue weighted by Gasteiger charge is 2.17. The van der Waals surface area contributed by atoms with Gasteiger partial charge >= 0.3 is 0 Å². The minimum atomic E-state index is -0.514. The van der Waals surface area contributed by atoms with Crippen molar-refractivity contribution in [3.63, 3.8) is 0 Å². The average Bonchev–Trinajstić information content (AvgIpc) is 2.86. The molecule has 96 valence electrons. The van der Waals surface area contributed by atoms with Crippen molar-refractivity contribution in [3.8, 4) is 6.07 Å². The van der Waals surface area contributed by atoms with Crippen LogP contribution in [0.15, 0.2) is 34.8 Å². The van der Waals surface area contributed by atoms with Gasteiger partial charge in [-0.1, -0.05) is 12.1 Å². The number of carbonyl (C=O) groups excluding carboxylic acids is 1. The van der Waals surface area contributed by atoms with Crippen molar-refractivity contribution in [1.82, 2.24) is 0 Å². The van der Waals surface area contributed by atoms with E-state index in [2.05, 4.69) is 11.1 Å². The van der Waals surface area contributed by atoms with Gasteiger partial charge < -0.3 is 16.2 Å². The molecule has 1 aliphatic rings. The number of benzene rings is 1. The van der Waals surface area contributed by atoms with Crippen LogP contribution in [0, 0.1) is 11.3 Å². The van der Waals surface area contributed by atoms with E-state index in [0.29, 0.717) is 24.4 Å². The third-order valence-corrected chi connectivity index (χ3v) is 2.68. The van der Waals surface area contributed by atoms with E-state index in [9.17, 15) is 4.79 Å². The van der Waals surface area contributed by atoms with Crippen LogP contribution in [-0.4, -0.2) is 25.1 Å². The number of guanidine groups is 1. The molecule has 0 radical (unpaired) electrons. The smallest absolute Gasteiger partial charge is 0.280 e. The number of aliphatic imine (C=N–C) groups is 1. The first-order valence-corrected chi connectivity index (χ1v) is 5.56.